The first-order valence-corrected chi connectivity index (χ1v) is 4.44. The molecule has 0 amide bonds. The largest absolute Gasteiger partial charge is 0.394 e. The third-order valence-electron chi connectivity index (χ3n) is 1.83. The van der Waals surface area contributed by atoms with Gasteiger partial charge in [0.15, 0.2) is 0 Å². The lowest BCUT2D eigenvalue weighted by molar-refractivity contribution is -0.203. The average molecular weight is 243 g/mol. The van der Waals surface area contributed by atoms with Gasteiger partial charge < -0.3 is 25.2 Å². The number of hydrogen-bond acceptors (Lipinski definition) is 5. The van der Waals surface area contributed by atoms with Crippen LogP contribution in [0, 0.1) is 0 Å². The fourth-order valence-corrected chi connectivity index (χ4v) is 1.65. The summed E-state index contributed by atoms with van der Waals surface area (Å²) >= 11 is 2.95. The number of hydrogen-bond donors (Lipinski definition) is 4. The minimum absolute atomic E-state index is 0.396. The van der Waals surface area contributed by atoms with Crippen LogP contribution in [0.4, 0.5) is 0 Å². The highest BCUT2D eigenvalue weighted by Crippen LogP contribution is 2.24. The quantitative estimate of drug-likeness (QED) is 0.407. The molecule has 5 nitrogen and oxygen atoms in total. The van der Waals surface area contributed by atoms with Crippen LogP contribution in [0.25, 0.3) is 0 Å². The van der Waals surface area contributed by atoms with E-state index in [2.05, 4.69) is 15.9 Å². The molecular formula is C6H11BrO5. The van der Waals surface area contributed by atoms with E-state index in [1.54, 1.807) is 0 Å². The van der Waals surface area contributed by atoms with E-state index in [4.69, 9.17) is 14.9 Å². The van der Waals surface area contributed by atoms with E-state index in [0.717, 1.165) is 0 Å². The van der Waals surface area contributed by atoms with Crippen molar-refractivity contribution in [2.24, 2.45) is 0 Å². The molecule has 1 rings (SSSR count). The molecule has 4 N–H and O–H groups in total. The van der Waals surface area contributed by atoms with Crippen molar-refractivity contribution in [3.8, 4) is 0 Å². The zero-order valence-electron chi connectivity index (χ0n) is 6.17. The molecular weight excluding hydrogens is 232 g/mol. The van der Waals surface area contributed by atoms with Gasteiger partial charge in [-0.3, -0.25) is 0 Å². The second-order valence-electron chi connectivity index (χ2n) is 2.68. The van der Waals surface area contributed by atoms with Crippen molar-refractivity contribution < 1.29 is 25.2 Å². The van der Waals surface area contributed by atoms with Crippen LogP contribution in [0.5, 0.6) is 0 Å². The maximum atomic E-state index is 9.21. The van der Waals surface area contributed by atoms with Crippen molar-refractivity contribution in [2.75, 3.05) is 6.61 Å². The van der Waals surface area contributed by atoms with E-state index >= 15 is 0 Å². The van der Waals surface area contributed by atoms with Crippen LogP contribution < -0.4 is 0 Å². The number of rotatable bonds is 1. The van der Waals surface area contributed by atoms with Gasteiger partial charge in [-0.2, -0.15) is 0 Å². The Morgan fingerprint density at radius 1 is 1.08 bits per heavy atom. The lowest BCUT2D eigenvalue weighted by Crippen LogP contribution is -2.56. The van der Waals surface area contributed by atoms with E-state index in [0.29, 0.717) is 0 Å². The number of ether oxygens (including phenoxy) is 1. The van der Waals surface area contributed by atoms with Gasteiger partial charge in [0.05, 0.1) is 6.61 Å². The monoisotopic (exact) mass is 242 g/mol. The summed E-state index contributed by atoms with van der Waals surface area (Å²) in [5.41, 5.74) is 0. The molecule has 1 heterocycles. The second kappa shape index (κ2) is 3.99. The average Bonchev–Trinajstić information content (AvgIpc) is 2.08. The normalized spacial score (nSPS) is 49.2. The minimum atomic E-state index is -1.29. The van der Waals surface area contributed by atoms with Crippen LogP contribution in [-0.4, -0.2) is 56.5 Å². The molecule has 1 saturated heterocycles. The smallest absolute Gasteiger partial charge is 0.141 e. The van der Waals surface area contributed by atoms with E-state index in [-0.39, 0.29) is 0 Å². The first-order chi connectivity index (χ1) is 5.57. The van der Waals surface area contributed by atoms with Crippen LogP contribution in [0.1, 0.15) is 0 Å². The molecule has 1 aliphatic heterocycles. The van der Waals surface area contributed by atoms with Crippen molar-refractivity contribution in [3.63, 3.8) is 0 Å². The molecule has 0 aromatic rings. The van der Waals surface area contributed by atoms with Crippen molar-refractivity contribution in [3.05, 3.63) is 0 Å². The Balaban J connectivity index is 2.63. The third-order valence-corrected chi connectivity index (χ3v) is 2.59. The minimum Gasteiger partial charge on any atom is -0.394 e. The van der Waals surface area contributed by atoms with E-state index in [1.165, 1.54) is 0 Å². The molecule has 0 aromatic carbocycles. The Hall–Kier alpha value is 0.280. The second-order valence-corrected chi connectivity index (χ2v) is 3.58. The molecule has 0 radical (unpaired) electrons. The molecule has 0 aliphatic carbocycles. The Labute approximate surface area is 77.7 Å². The summed E-state index contributed by atoms with van der Waals surface area (Å²) in [5.74, 6) is 0. The van der Waals surface area contributed by atoms with Crippen molar-refractivity contribution in [2.45, 2.75) is 29.4 Å². The van der Waals surface area contributed by atoms with Gasteiger partial charge in [0.2, 0.25) is 0 Å². The molecule has 0 spiro atoms. The Morgan fingerprint density at radius 3 is 2.17 bits per heavy atom. The molecule has 0 saturated carbocycles. The lowest BCUT2D eigenvalue weighted by atomic mass is 10.0. The fourth-order valence-electron chi connectivity index (χ4n) is 1.06. The SMILES string of the molecule is OC[C@H]1OC(Br)[C@H](O)[C@H](O)[C@H]1O. The van der Waals surface area contributed by atoms with Gasteiger partial charge >= 0.3 is 0 Å². The zero-order chi connectivity index (χ0) is 9.30. The third kappa shape index (κ3) is 1.78. The molecule has 0 aromatic heterocycles. The predicted octanol–water partition coefficient (Wildman–Crippen LogP) is -1.82. The maximum absolute atomic E-state index is 9.21. The standard InChI is InChI=1S/C6H11BrO5/c7-6-5(11)4(10)3(9)2(1-8)12-6/h2-6,8-11H,1H2/t2-,3+,4-,5-,6?/m1/s1. The van der Waals surface area contributed by atoms with Crippen molar-refractivity contribution in [1.82, 2.24) is 0 Å². The summed E-state index contributed by atoms with van der Waals surface area (Å²) < 4.78 is 4.94. The molecule has 1 aliphatic rings. The molecule has 0 bridgehead atoms. The Kier molecular flexibility index (Phi) is 3.45. The van der Waals surface area contributed by atoms with Gasteiger partial charge in [0.25, 0.3) is 0 Å². The zero-order valence-corrected chi connectivity index (χ0v) is 7.75. The van der Waals surface area contributed by atoms with Gasteiger partial charge in [-0.05, 0) is 0 Å². The number of aliphatic hydroxyl groups excluding tert-OH is 4. The first kappa shape index (κ1) is 10.4. The molecule has 12 heavy (non-hydrogen) atoms. The molecule has 5 atom stereocenters. The van der Waals surface area contributed by atoms with Crippen LogP contribution in [0.3, 0.4) is 0 Å². The summed E-state index contributed by atoms with van der Waals surface area (Å²) in [5, 5.41) is 35.5. The Morgan fingerprint density at radius 2 is 1.67 bits per heavy atom. The number of aliphatic hydroxyl groups is 4. The van der Waals surface area contributed by atoms with Gasteiger partial charge in [-0.15, -0.1) is 0 Å². The highest BCUT2D eigenvalue weighted by molar-refractivity contribution is 9.09. The van der Waals surface area contributed by atoms with Crippen molar-refractivity contribution in [1.29, 1.82) is 0 Å². The fraction of sp³-hybridized carbons (Fsp3) is 1.00. The summed E-state index contributed by atoms with van der Waals surface area (Å²) in [4.78, 5) is 0. The molecule has 72 valence electrons. The van der Waals surface area contributed by atoms with Gasteiger partial charge in [0, 0.05) is 0 Å². The van der Waals surface area contributed by atoms with E-state index in [9.17, 15) is 10.2 Å². The van der Waals surface area contributed by atoms with E-state index in [1.807, 2.05) is 0 Å². The molecule has 1 fully saturated rings. The maximum Gasteiger partial charge on any atom is 0.141 e. The highest BCUT2D eigenvalue weighted by atomic mass is 79.9. The van der Waals surface area contributed by atoms with Gasteiger partial charge in [0.1, 0.15) is 29.4 Å². The Bertz CT molecular complexity index is 150. The molecule has 1 unspecified atom stereocenters. The predicted molar refractivity (Wildman–Crippen MR) is 42.7 cm³/mol. The molecule has 6 heteroatoms. The highest BCUT2D eigenvalue weighted by Gasteiger charge is 2.42. The van der Waals surface area contributed by atoms with Gasteiger partial charge in [-0.25, -0.2) is 0 Å². The summed E-state index contributed by atoms with van der Waals surface area (Å²) in [6.07, 6.45) is -4.57. The van der Waals surface area contributed by atoms with Crippen LogP contribution in [0.2, 0.25) is 0 Å². The summed E-state index contributed by atoms with van der Waals surface area (Å²) in [6, 6.07) is 0. The topological polar surface area (TPSA) is 90.2 Å². The van der Waals surface area contributed by atoms with Gasteiger partial charge in [-0.1, -0.05) is 15.9 Å². The van der Waals surface area contributed by atoms with Crippen LogP contribution in [0.15, 0.2) is 0 Å². The van der Waals surface area contributed by atoms with Crippen LogP contribution in [-0.2, 0) is 4.74 Å². The first-order valence-electron chi connectivity index (χ1n) is 3.52. The summed E-state index contributed by atoms with van der Waals surface area (Å²) in [7, 11) is 0. The van der Waals surface area contributed by atoms with E-state index < -0.39 is 36.0 Å². The lowest BCUT2D eigenvalue weighted by Gasteiger charge is -2.37. The number of alkyl halides is 1. The van der Waals surface area contributed by atoms with Crippen LogP contribution >= 0.6 is 15.9 Å². The summed E-state index contributed by atoms with van der Waals surface area (Å²) in [6.45, 7) is -0.396. The number of halogens is 1. The van der Waals surface area contributed by atoms with Crippen molar-refractivity contribution >= 4 is 15.9 Å².